The molecular weight excluding hydrogens is 262 g/mol. The molecule has 1 N–H and O–H groups in total. The smallest absolute Gasteiger partial charge is 0.116 e. The lowest BCUT2D eigenvalue weighted by atomic mass is 9.69. The quantitative estimate of drug-likeness (QED) is 0.903. The van der Waals surface area contributed by atoms with Crippen molar-refractivity contribution in [2.75, 3.05) is 0 Å². The van der Waals surface area contributed by atoms with Crippen molar-refractivity contribution in [2.24, 2.45) is 5.41 Å². The van der Waals surface area contributed by atoms with E-state index >= 15 is 0 Å². The topological polar surface area (TPSA) is 53.2 Å². The summed E-state index contributed by atoms with van der Waals surface area (Å²) in [6.07, 6.45) is 1.66. The van der Waals surface area contributed by atoms with Gasteiger partial charge in [-0.3, -0.25) is 0 Å². The zero-order valence-electron chi connectivity index (χ0n) is 10.8. The van der Waals surface area contributed by atoms with E-state index in [0.29, 0.717) is 11.4 Å². The van der Waals surface area contributed by atoms with Crippen LogP contribution in [0, 0.1) is 23.7 Å². The molecule has 2 heterocycles. The number of aliphatic hydroxyl groups excluding tert-OH is 1. The van der Waals surface area contributed by atoms with E-state index in [1.807, 2.05) is 19.1 Å². The zero-order chi connectivity index (χ0) is 13.6. The Hall–Kier alpha value is -1.08. The third-order valence-corrected chi connectivity index (χ3v) is 4.71. The molecule has 3 rings (SSSR count). The van der Waals surface area contributed by atoms with Gasteiger partial charge in [-0.15, -0.1) is 0 Å². The number of ether oxygens (including phenoxy) is 1. The molecule has 4 heteroatoms. The van der Waals surface area contributed by atoms with Gasteiger partial charge in [0, 0.05) is 5.02 Å². The molecule has 3 nitrogen and oxygen atoms in total. The molecule has 0 spiro atoms. The molecule has 2 fully saturated rings. The first-order valence-corrected chi connectivity index (χ1v) is 6.95. The maximum Gasteiger partial charge on any atom is 0.116 e. The van der Waals surface area contributed by atoms with Crippen molar-refractivity contribution in [1.82, 2.24) is 0 Å². The van der Waals surface area contributed by atoms with E-state index in [0.717, 1.165) is 24.0 Å². The number of nitriles is 1. The van der Waals surface area contributed by atoms with E-state index in [4.69, 9.17) is 16.3 Å². The van der Waals surface area contributed by atoms with E-state index < -0.39 is 11.5 Å². The molecular formula is C15H16ClNO2. The summed E-state index contributed by atoms with van der Waals surface area (Å²) >= 11 is 5.94. The molecule has 0 radical (unpaired) electrons. The van der Waals surface area contributed by atoms with Gasteiger partial charge >= 0.3 is 0 Å². The van der Waals surface area contributed by atoms with Gasteiger partial charge in [-0.25, -0.2) is 0 Å². The van der Waals surface area contributed by atoms with Gasteiger partial charge in [0.25, 0.3) is 0 Å². The fourth-order valence-electron chi connectivity index (χ4n) is 3.43. The second-order valence-corrected chi connectivity index (χ2v) is 6.02. The van der Waals surface area contributed by atoms with Crippen molar-refractivity contribution in [1.29, 1.82) is 5.26 Å². The van der Waals surface area contributed by atoms with Crippen molar-refractivity contribution in [2.45, 2.75) is 44.5 Å². The molecule has 2 aliphatic heterocycles. The molecule has 0 amide bonds. The van der Waals surface area contributed by atoms with Gasteiger partial charge in [0.1, 0.15) is 11.5 Å². The molecule has 100 valence electrons. The van der Waals surface area contributed by atoms with Crippen LogP contribution in [-0.4, -0.2) is 17.3 Å². The summed E-state index contributed by atoms with van der Waals surface area (Å²) in [4.78, 5) is 0. The predicted molar refractivity (Wildman–Crippen MR) is 71.7 cm³/mol. The minimum absolute atomic E-state index is 0.131. The number of halogens is 1. The molecule has 1 aromatic carbocycles. The molecule has 2 aliphatic rings. The van der Waals surface area contributed by atoms with E-state index in [1.54, 1.807) is 6.07 Å². The maximum absolute atomic E-state index is 10.7. The molecule has 0 aliphatic carbocycles. The molecule has 2 bridgehead atoms. The van der Waals surface area contributed by atoms with Crippen molar-refractivity contribution < 1.29 is 9.84 Å². The second kappa shape index (κ2) is 4.49. The number of aryl methyl sites for hydroxylation is 1. The summed E-state index contributed by atoms with van der Waals surface area (Å²) < 4.78 is 5.78. The number of hydrogen-bond acceptors (Lipinski definition) is 3. The van der Waals surface area contributed by atoms with Crippen LogP contribution in [0.2, 0.25) is 5.02 Å². The van der Waals surface area contributed by atoms with Crippen molar-refractivity contribution in [3.8, 4) is 6.07 Å². The Morgan fingerprint density at radius 1 is 1.53 bits per heavy atom. The van der Waals surface area contributed by atoms with Crippen LogP contribution >= 0.6 is 11.6 Å². The van der Waals surface area contributed by atoms with Crippen LogP contribution in [0.5, 0.6) is 0 Å². The molecule has 0 aromatic heterocycles. The van der Waals surface area contributed by atoms with Crippen LogP contribution < -0.4 is 0 Å². The lowest BCUT2D eigenvalue weighted by Gasteiger charge is -2.33. The molecule has 0 saturated carbocycles. The zero-order valence-corrected chi connectivity index (χ0v) is 11.5. The number of fused-ring (bicyclic) bond motifs is 2. The van der Waals surface area contributed by atoms with E-state index in [9.17, 15) is 10.4 Å². The highest BCUT2D eigenvalue weighted by molar-refractivity contribution is 6.30. The summed E-state index contributed by atoms with van der Waals surface area (Å²) in [5, 5.41) is 21.0. The average molecular weight is 278 g/mol. The monoisotopic (exact) mass is 277 g/mol. The van der Waals surface area contributed by atoms with Crippen LogP contribution in [0.25, 0.3) is 0 Å². The first kappa shape index (κ1) is 12.9. The molecule has 19 heavy (non-hydrogen) atoms. The number of aliphatic hydroxyl groups is 1. The van der Waals surface area contributed by atoms with Gasteiger partial charge in [0.15, 0.2) is 0 Å². The van der Waals surface area contributed by atoms with Gasteiger partial charge in [0.2, 0.25) is 0 Å². The Morgan fingerprint density at radius 3 is 2.84 bits per heavy atom. The Morgan fingerprint density at radius 2 is 2.32 bits per heavy atom. The summed E-state index contributed by atoms with van der Waals surface area (Å²) in [5.41, 5.74) is 0.890. The molecule has 2 saturated heterocycles. The highest BCUT2D eigenvalue weighted by Gasteiger charge is 2.57. The third kappa shape index (κ3) is 1.87. The standard InChI is InChI=1S/C15H16ClNO2/c1-9-6-10(16)2-4-12(9)14(18)15(8-17)7-11-3-5-13(15)19-11/h2,4,6,11,13-14,18H,3,5,7H2,1H3. The van der Waals surface area contributed by atoms with Gasteiger partial charge in [-0.05, 0) is 49.4 Å². The fraction of sp³-hybridized carbons (Fsp3) is 0.533. The van der Waals surface area contributed by atoms with Crippen molar-refractivity contribution >= 4 is 11.6 Å². The Labute approximate surface area is 117 Å². The summed E-state index contributed by atoms with van der Waals surface area (Å²) in [7, 11) is 0. The van der Waals surface area contributed by atoms with Crippen LogP contribution in [0.1, 0.15) is 36.5 Å². The van der Waals surface area contributed by atoms with E-state index in [-0.39, 0.29) is 12.2 Å². The molecule has 1 aromatic rings. The summed E-state index contributed by atoms with van der Waals surface area (Å²) in [6, 6.07) is 7.73. The van der Waals surface area contributed by atoms with Crippen molar-refractivity contribution in [3.05, 3.63) is 34.3 Å². The minimum atomic E-state index is -0.815. The third-order valence-electron chi connectivity index (χ3n) is 4.47. The highest BCUT2D eigenvalue weighted by atomic mass is 35.5. The number of rotatable bonds is 2. The predicted octanol–water partition coefficient (Wildman–Crippen LogP) is 3.14. The van der Waals surface area contributed by atoms with Crippen LogP contribution in [0.15, 0.2) is 18.2 Å². The number of benzene rings is 1. The Bertz CT molecular complexity index is 554. The Balaban J connectivity index is 1.99. The molecule has 4 unspecified atom stereocenters. The van der Waals surface area contributed by atoms with Gasteiger partial charge < -0.3 is 9.84 Å². The normalized spacial score (nSPS) is 34.2. The van der Waals surface area contributed by atoms with Gasteiger partial charge in [0.05, 0.1) is 18.3 Å². The first-order chi connectivity index (χ1) is 9.06. The van der Waals surface area contributed by atoms with Crippen LogP contribution in [-0.2, 0) is 4.74 Å². The minimum Gasteiger partial charge on any atom is -0.387 e. The van der Waals surface area contributed by atoms with Crippen LogP contribution in [0.3, 0.4) is 0 Å². The second-order valence-electron chi connectivity index (χ2n) is 5.58. The maximum atomic E-state index is 10.7. The largest absolute Gasteiger partial charge is 0.387 e. The molecule has 4 atom stereocenters. The summed E-state index contributed by atoms with van der Waals surface area (Å²) in [5.74, 6) is 0. The Kier molecular flexibility index (Phi) is 3.05. The number of hydrogen-bond donors (Lipinski definition) is 1. The summed E-state index contributed by atoms with van der Waals surface area (Å²) in [6.45, 7) is 1.91. The lowest BCUT2D eigenvalue weighted by molar-refractivity contribution is 0.00312. The van der Waals surface area contributed by atoms with Gasteiger partial charge in [-0.1, -0.05) is 17.7 Å². The van der Waals surface area contributed by atoms with Crippen molar-refractivity contribution in [3.63, 3.8) is 0 Å². The van der Waals surface area contributed by atoms with Crippen LogP contribution in [0.4, 0.5) is 0 Å². The SMILES string of the molecule is Cc1cc(Cl)ccc1C(O)C1(C#N)CC2CCC1O2. The van der Waals surface area contributed by atoms with E-state index in [2.05, 4.69) is 6.07 Å². The average Bonchev–Trinajstić information content (AvgIpc) is 2.98. The van der Waals surface area contributed by atoms with E-state index in [1.165, 1.54) is 0 Å². The number of nitrogens with zero attached hydrogens (tertiary/aromatic N) is 1. The lowest BCUT2D eigenvalue weighted by Crippen LogP contribution is -2.37. The highest BCUT2D eigenvalue weighted by Crippen LogP contribution is 2.54. The first-order valence-electron chi connectivity index (χ1n) is 6.57. The van der Waals surface area contributed by atoms with Gasteiger partial charge in [-0.2, -0.15) is 5.26 Å². The fourth-order valence-corrected chi connectivity index (χ4v) is 3.66.